The number of carbonyl (C=O) groups is 1. The zero-order valence-electron chi connectivity index (χ0n) is 17.4. The van der Waals surface area contributed by atoms with E-state index in [2.05, 4.69) is 16.3 Å². The smallest absolute Gasteiger partial charge is 0.264 e. The van der Waals surface area contributed by atoms with E-state index in [0.717, 1.165) is 17.7 Å². The molecule has 0 fully saturated rings. The van der Waals surface area contributed by atoms with E-state index >= 15 is 0 Å². The molecule has 1 aliphatic rings. The first-order chi connectivity index (χ1) is 14.5. The maximum Gasteiger partial charge on any atom is 0.264 e. The molecule has 30 heavy (non-hydrogen) atoms. The average molecular weight is 444 g/mol. The Morgan fingerprint density at radius 3 is 2.70 bits per heavy atom. The summed E-state index contributed by atoms with van der Waals surface area (Å²) in [6.07, 6.45) is 7.14. The molecule has 3 aromatic rings. The topological polar surface area (TPSA) is 59.2 Å². The molecule has 0 saturated heterocycles. The van der Waals surface area contributed by atoms with E-state index in [0.29, 0.717) is 22.4 Å². The van der Waals surface area contributed by atoms with Crippen LogP contribution in [0.25, 0.3) is 11.5 Å². The number of rotatable bonds is 5. The molecule has 0 N–H and O–H groups in total. The number of aryl methyl sites for hydroxylation is 2. The molecule has 158 valence electrons. The number of nitrogens with zero attached hydrogens (tertiary/aromatic N) is 3. The third kappa shape index (κ3) is 4.60. The van der Waals surface area contributed by atoms with E-state index in [1.165, 1.54) is 36.1 Å². The standard InChI is InChI=1S/C23H26ClN3O2S/c1-15(2)27(14-21-25-26-22(29-21)17-10-7-8-11-18(17)24)23(28)20-13-16-9-5-3-4-6-12-19(16)30-20/h7-8,10-11,13,15H,3-6,9,12,14H2,1-2H3. The molecule has 0 atom stereocenters. The van der Waals surface area contributed by atoms with Gasteiger partial charge in [-0.1, -0.05) is 36.6 Å². The molecule has 1 amide bonds. The highest BCUT2D eigenvalue weighted by molar-refractivity contribution is 7.14. The minimum absolute atomic E-state index is 0.0119. The second kappa shape index (κ2) is 9.31. The first-order valence-corrected chi connectivity index (χ1v) is 11.7. The van der Waals surface area contributed by atoms with Gasteiger partial charge in [-0.05, 0) is 63.3 Å². The zero-order chi connectivity index (χ0) is 21.1. The van der Waals surface area contributed by atoms with Gasteiger partial charge in [0, 0.05) is 10.9 Å². The van der Waals surface area contributed by atoms with Crippen LogP contribution in [0.5, 0.6) is 0 Å². The van der Waals surface area contributed by atoms with Crippen molar-refractivity contribution in [2.24, 2.45) is 0 Å². The highest BCUT2D eigenvalue weighted by Crippen LogP contribution is 2.30. The molecular formula is C23H26ClN3O2S. The van der Waals surface area contributed by atoms with E-state index < -0.39 is 0 Å². The van der Waals surface area contributed by atoms with Crippen LogP contribution in [-0.4, -0.2) is 27.0 Å². The second-order valence-corrected chi connectivity index (χ2v) is 9.52. The summed E-state index contributed by atoms with van der Waals surface area (Å²) in [7, 11) is 0. The predicted octanol–water partition coefficient (Wildman–Crippen LogP) is 6.16. The van der Waals surface area contributed by atoms with Crippen molar-refractivity contribution >= 4 is 28.8 Å². The van der Waals surface area contributed by atoms with Gasteiger partial charge in [0.05, 0.1) is 22.0 Å². The van der Waals surface area contributed by atoms with Crippen molar-refractivity contribution in [1.82, 2.24) is 15.1 Å². The molecule has 2 aromatic heterocycles. The molecule has 7 heteroatoms. The summed E-state index contributed by atoms with van der Waals surface area (Å²) >= 11 is 7.89. The first kappa shape index (κ1) is 21.1. The largest absolute Gasteiger partial charge is 0.419 e. The van der Waals surface area contributed by atoms with Gasteiger partial charge in [-0.15, -0.1) is 21.5 Å². The molecule has 0 bridgehead atoms. The predicted molar refractivity (Wildman–Crippen MR) is 120 cm³/mol. The van der Waals surface area contributed by atoms with Crippen LogP contribution < -0.4 is 0 Å². The number of amides is 1. The van der Waals surface area contributed by atoms with E-state index in [4.69, 9.17) is 16.0 Å². The van der Waals surface area contributed by atoms with Crippen molar-refractivity contribution in [2.45, 2.75) is 65.0 Å². The number of fused-ring (bicyclic) bond motifs is 1. The molecular weight excluding hydrogens is 418 g/mol. The number of aromatic nitrogens is 2. The fraction of sp³-hybridized carbons (Fsp3) is 0.435. The Labute approximate surface area is 186 Å². The normalized spacial score (nSPS) is 14.3. The van der Waals surface area contributed by atoms with Crippen molar-refractivity contribution in [3.8, 4) is 11.5 Å². The number of benzene rings is 1. The molecule has 1 aliphatic carbocycles. The molecule has 0 unspecified atom stereocenters. The van der Waals surface area contributed by atoms with Crippen LogP contribution >= 0.6 is 22.9 Å². The summed E-state index contributed by atoms with van der Waals surface area (Å²) in [4.78, 5) is 17.3. The first-order valence-electron chi connectivity index (χ1n) is 10.5. The number of carbonyl (C=O) groups excluding carboxylic acids is 1. The quantitative estimate of drug-likeness (QED) is 0.473. The van der Waals surface area contributed by atoms with E-state index in [-0.39, 0.29) is 18.5 Å². The molecule has 5 nitrogen and oxygen atoms in total. The number of hydrogen-bond acceptors (Lipinski definition) is 5. The zero-order valence-corrected chi connectivity index (χ0v) is 18.9. The van der Waals surface area contributed by atoms with Crippen LogP contribution in [0.3, 0.4) is 0 Å². The monoisotopic (exact) mass is 443 g/mol. The molecule has 0 radical (unpaired) electrons. The van der Waals surface area contributed by atoms with E-state index in [1.807, 2.05) is 32.0 Å². The minimum Gasteiger partial charge on any atom is -0.419 e. The highest BCUT2D eigenvalue weighted by atomic mass is 35.5. The molecule has 0 spiro atoms. The second-order valence-electron chi connectivity index (χ2n) is 7.98. The third-order valence-electron chi connectivity index (χ3n) is 5.47. The molecule has 0 saturated carbocycles. The Balaban J connectivity index is 1.54. The Bertz CT molecular complexity index is 1000. The summed E-state index contributed by atoms with van der Waals surface area (Å²) in [6, 6.07) is 9.47. The molecule has 1 aromatic carbocycles. The van der Waals surface area contributed by atoms with Crippen molar-refractivity contribution in [2.75, 3.05) is 0 Å². The van der Waals surface area contributed by atoms with Gasteiger partial charge in [0.2, 0.25) is 11.8 Å². The van der Waals surface area contributed by atoms with Gasteiger partial charge in [0.25, 0.3) is 5.91 Å². The number of thiophene rings is 1. The summed E-state index contributed by atoms with van der Waals surface area (Å²) in [5.74, 6) is 0.798. The fourth-order valence-electron chi connectivity index (χ4n) is 3.79. The van der Waals surface area contributed by atoms with Crippen LogP contribution in [0.2, 0.25) is 5.02 Å². The lowest BCUT2D eigenvalue weighted by Crippen LogP contribution is -2.36. The van der Waals surface area contributed by atoms with E-state index in [1.54, 1.807) is 22.3 Å². The number of hydrogen-bond donors (Lipinski definition) is 0. The van der Waals surface area contributed by atoms with Gasteiger partial charge in [-0.3, -0.25) is 4.79 Å². The van der Waals surface area contributed by atoms with Gasteiger partial charge in [0.15, 0.2) is 0 Å². The lowest BCUT2D eigenvalue weighted by molar-refractivity contribution is 0.0677. The van der Waals surface area contributed by atoms with Gasteiger partial charge >= 0.3 is 0 Å². The summed E-state index contributed by atoms with van der Waals surface area (Å²) in [5.41, 5.74) is 2.05. The van der Waals surface area contributed by atoms with Crippen molar-refractivity contribution < 1.29 is 9.21 Å². The summed E-state index contributed by atoms with van der Waals surface area (Å²) in [6.45, 7) is 4.29. The van der Waals surface area contributed by atoms with Crippen LogP contribution in [0.1, 0.15) is 65.5 Å². The van der Waals surface area contributed by atoms with Crippen LogP contribution in [0.15, 0.2) is 34.7 Å². The lowest BCUT2D eigenvalue weighted by atomic mass is 10.00. The summed E-state index contributed by atoms with van der Waals surface area (Å²) < 4.78 is 5.83. The number of halogens is 1. The average Bonchev–Trinajstić information content (AvgIpc) is 3.33. The lowest BCUT2D eigenvalue weighted by Gasteiger charge is -2.24. The van der Waals surface area contributed by atoms with Crippen molar-refractivity contribution in [3.05, 3.63) is 56.6 Å². The van der Waals surface area contributed by atoms with Gasteiger partial charge in [0.1, 0.15) is 0 Å². The Morgan fingerprint density at radius 2 is 1.93 bits per heavy atom. The van der Waals surface area contributed by atoms with Gasteiger partial charge < -0.3 is 9.32 Å². The Kier molecular flexibility index (Phi) is 6.54. The fourth-order valence-corrected chi connectivity index (χ4v) is 5.21. The van der Waals surface area contributed by atoms with E-state index in [9.17, 15) is 4.79 Å². The summed E-state index contributed by atoms with van der Waals surface area (Å²) in [5, 5.41) is 8.84. The van der Waals surface area contributed by atoms with Crippen molar-refractivity contribution in [3.63, 3.8) is 0 Å². The van der Waals surface area contributed by atoms with Crippen LogP contribution in [0, 0.1) is 0 Å². The Hall–Kier alpha value is -2.18. The van der Waals surface area contributed by atoms with Crippen molar-refractivity contribution in [1.29, 1.82) is 0 Å². The maximum absolute atomic E-state index is 13.3. The Morgan fingerprint density at radius 1 is 1.17 bits per heavy atom. The molecule has 4 rings (SSSR count). The van der Waals surface area contributed by atoms with Crippen LogP contribution in [-0.2, 0) is 19.4 Å². The highest BCUT2D eigenvalue weighted by Gasteiger charge is 2.25. The molecule has 0 aliphatic heterocycles. The SMILES string of the molecule is CC(C)N(Cc1nnc(-c2ccccc2Cl)o1)C(=O)c1cc2c(s1)CCCCCC2. The van der Waals surface area contributed by atoms with Gasteiger partial charge in [-0.25, -0.2) is 0 Å². The van der Waals surface area contributed by atoms with Gasteiger partial charge in [-0.2, -0.15) is 0 Å². The molecule has 2 heterocycles. The van der Waals surface area contributed by atoms with Crippen LogP contribution in [0.4, 0.5) is 0 Å². The minimum atomic E-state index is 0.0119. The maximum atomic E-state index is 13.3. The third-order valence-corrected chi connectivity index (χ3v) is 7.02.